The average Bonchev–Trinajstić information content (AvgIpc) is 3.02. The molecule has 0 aromatic carbocycles. The molecule has 0 radical (unpaired) electrons. The number of ether oxygens (including phenoxy) is 1. The number of piperidine rings is 1. The third-order valence-corrected chi connectivity index (χ3v) is 5.90. The maximum Gasteiger partial charge on any atom is 0.327 e. The molecule has 1 saturated heterocycles. The van der Waals surface area contributed by atoms with Crippen LogP contribution in [0.1, 0.15) is 70.9 Å². The first kappa shape index (κ1) is 21.8. The molecule has 0 amide bonds. The van der Waals surface area contributed by atoms with Gasteiger partial charge in [0.1, 0.15) is 5.52 Å². The summed E-state index contributed by atoms with van der Waals surface area (Å²) in [6, 6.07) is 0.370. The molecule has 1 N–H and O–H groups in total. The summed E-state index contributed by atoms with van der Waals surface area (Å²) in [4.78, 5) is 26.9. The number of nitrogens with one attached hydrogen (secondary N) is 1. The van der Waals surface area contributed by atoms with Crippen molar-refractivity contribution in [1.29, 1.82) is 0 Å². The monoisotopic (exact) mass is 403 g/mol. The molecule has 0 aliphatic carbocycles. The Kier molecular flexibility index (Phi) is 8.09. The van der Waals surface area contributed by atoms with Crippen LogP contribution in [-0.4, -0.2) is 50.7 Å². The smallest absolute Gasteiger partial charge is 0.327 e. The van der Waals surface area contributed by atoms with Crippen molar-refractivity contribution >= 4 is 11.2 Å². The van der Waals surface area contributed by atoms with Crippen molar-refractivity contribution in [1.82, 2.24) is 24.4 Å². The molecule has 29 heavy (non-hydrogen) atoms. The van der Waals surface area contributed by atoms with Gasteiger partial charge in [0.15, 0.2) is 5.65 Å². The largest absolute Gasteiger partial charge is 0.463 e. The number of aromatic amines is 1. The van der Waals surface area contributed by atoms with Crippen LogP contribution in [0.5, 0.6) is 6.01 Å². The second kappa shape index (κ2) is 10.8. The highest BCUT2D eigenvalue weighted by Gasteiger charge is 2.19. The van der Waals surface area contributed by atoms with Crippen LogP contribution in [0.2, 0.25) is 0 Å². The molecule has 7 nitrogen and oxygen atoms in total. The van der Waals surface area contributed by atoms with Crippen LogP contribution in [0, 0.1) is 12.8 Å². The topological polar surface area (TPSA) is 76.0 Å². The minimum Gasteiger partial charge on any atom is -0.463 e. The van der Waals surface area contributed by atoms with Crippen molar-refractivity contribution < 1.29 is 4.74 Å². The van der Waals surface area contributed by atoms with Gasteiger partial charge in [0.05, 0.1) is 12.3 Å². The maximum atomic E-state index is 12.5. The molecule has 1 unspecified atom stereocenters. The molecule has 2 aromatic heterocycles. The van der Waals surface area contributed by atoms with Gasteiger partial charge in [0.25, 0.3) is 0 Å². The third kappa shape index (κ3) is 5.81. The highest BCUT2D eigenvalue weighted by molar-refractivity contribution is 5.73. The van der Waals surface area contributed by atoms with Crippen LogP contribution in [0.4, 0.5) is 0 Å². The molecule has 0 bridgehead atoms. The van der Waals surface area contributed by atoms with E-state index in [9.17, 15) is 4.79 Å². The lowest BCUT2D eigenvalue weighted by Gasteiger charge is -2.32. The van der Waals surface area contributed by atoms with Gasteiger partial charge in [-0.05, 0) is 64.5 Å². The standard InChI is InChI=1S/C22H37N5O2/c1-4-6-15-29-21-23-17(3)19-20(25-21)27(22(28)24-19)14-8-7-10-18-11-9-13-26(16-18)12-5-2/h18H,4-16H2,1-3H3,(H,24,28). The van der Waals surface area contributed by atoms with Crippen molar-refractivity contribution in [2.75, 3.05) is 26.2 Å². The summed E-state index contributed by atoms with van der Waals surface area (Å²) in [5.74, 6) is 0.804. The van der Waals surface area contributed by atoms with E-state index < -0.39 is 0 Å². The predicted octanol–water partition coefficient (Wildman–Crippen LogP) is 3.90. The van der Waals surface area contributed by atoms with Gasteiger partial charge in [-0.2, -0.15) is 9.97 Å². The van der Waals surface area contributed by atoms with E-state index in [1.165, 1.54) is 45.3 Å². The van der Waals surface area contributed by atoms with Gasteiger partial charge >= 0.3 is 11.7 Å². The van der Waals surface area contributed by atoms with E-state index in [0.29, 0.717) is 24.8 Å². The number of aryl methyl sites for hydroxylation is 2. The number of unbranched alkanes of at least 4 members (excludes halogenated alkanes) is 2. The summed E-state index contributed by atoms with van der Waals surface area (Å²) in [6.45, 7) is 11.3. The molecule has 0 saturated carbocycles. The van der Waals surface area contributed by atoms with E-state index in [-0.39, 0.29) is 5.69 Å². The molecule has 3 heterocycles. The number of hydrogen-bond donors (Lipinski definition) is 1. The molecule has 0 spiro atoms. The van der Waals surface area contributed by atoms with Gasteiger partial charge in [0.2, 0.25) is 0 Å². The highest BCUT2D eigenvalue weighted by Crippen LogP contribution is 2.22. The number of nitrogens with zero attached hydrogens (tertiary/aromatic N) is 4. The molecule has 162 valence electrons. The van der Waals surface area contributed by atoms with E-state index in [2.05, 4.69) is 33.7 Å². The zero-order valence-electron chi connectivity index (χ0n) is 18.4. The number of H-pyrrole nitrogens is 1. The SMILES string of the molecule is CCCCOc1nc(C)c2[nH]c(=O)n(CCCCC3CCCN(CCC)C3)c2n1. The van der Waals surface area contributed by atoms with E-state index in [1.807, 2.05) is 6.92 Å². The lowest BCUT2D eigenvalue weighted by atomic mass is 9.92. The molecule has 3 rings (SSSR count). The number of rotatable bonds is 11. The third-order valence-electron chi connectivity index (χ3n) is 5.90. The van der Waals surface area contributed by atoms with E-state index in [0.717, 1.165) is 42.8 Å². The summed E-state index contributed by atoms with van der Waals surface area (Å²) < 4.78 is 7.43. The fraction of sp³-hybridized carbons (Fsp3) is 0.773. The highest BCUT2D eigenvalue weighted by atomic mass is 16.5. The second-order valence-corrected chi connectivity index (χ2v) is 8.38. The van der Waals surface area contributed by atoms with Crippen LogP contribution in [-0.2, 0) is 6.54 Å². The first-order valence-corrected chi connectivity index (χ1v) is 11.4. The minimum absolute atomic E-state index is 0.102. The molecule has 7 heteroatoms. The Morgan fingerprint density at radius 1 is 1.14 bits per heavy atom. The lowest BCUT2D eigenvalue weighted by molar-refractivity contribution is 0.166. The fourth-order valence-electron chi connectivity index (χ4n) is 4.33. The number of imidazole rings is 1. The molecular formula is C22H37N5O2. The van der Waals surface area contributed by atoms with Gasteiger partial charge in [-0.25, -0.2) is 4.79 Å². The van der Waals surface area contributed by atoms with Gasteiger partial charge in [-0.15, -0.1) is 0 Å². The first-order valence-electron chi connectivity index (χ1n) is 11.4. The van der Waals surface area contributed by atoms with Crippen LogP contribution in [0.25, 0.3) is 11.2 Å². The summed E-state index contributed by atoms with van der Waals surface area (Å²) in [5, 5.41) is 0. The minimum atomic E-state index is -0.102. The Labute approximate surface area is 173 Å². The average molecular weight is 404 g/mol. The van der Waals surface area contributed by atoms with E-state index in [1.54, 1.807) is 4.57 Å². The van der Waals surface area contributed by atoms with Crippen molar-refractivity contribution in [3.8, 4) is 6.01 Å². The Bertz CT molecular complexity index is 826. The number of fused-ring (bicyclic) bond motifs is 1. The zero-order valence-corrected chi connectivity index (χ0v) is 18.4. The van der Waals surface area contributed by atoms with Crippen LogP contribution >= 0.6 is 0 Å². The fourth-order valence-corrected chi connectivity index (χ4v) is 4.33. The normalized spacial score (nSPS) is 17.8. The van der Waals surface area contributed by atoms with Crippen molar-refractivity contribution in [3.05, 3.63) is 16.2 Å². The molecule has 1 aliphatic rings. The van der Waals surface area contributed by atoms with Crippen LogP contribution in [0.15, 0.2) is 4.79 Å². The summed E-state index contributed by atoms with van der Waals surface area (Å²) in [6.07, 6.45) is 9.32. The van der Waals surface area contributed by atoms with Gasteiger partial charge < -0.3 is 14.6 Å². The quantitative estimate of drug-likeness (QED) is 0.576. The zero-order chi connectivity index (χ0) is 20.6. The van der Waals surface area contributed by atoms with Crippen molar-refractivity contribution in [2.45, 2.75) is 78.7 Å². The van der Waals surface area contributed by atoms with Gasteiger partial charge in [0, 0.05) is 13.1 Å². The number of hydrogen-bond acceptors (Lipinski definition) is 5. The summed E-state index contributed by atoms with van der Waals surface area (Å²) in [5.41, 5.74) is 2.05. The second-order valence-electron chi connectivity index (χ2n) is 8.38. The van der Waals surface area contributed by atoms with Gasteiger partial charge in [-0.3, -0.25) is 4.57 Å². The van der Waals surface area contributed by atoms with E-state index >= 15 is 0 Å². The Hall–Kier alpha value is -1.89. The van der Waals surface area contributed by atoms with Crippen molar-refractivity contribution in [2.24, 2.45) is 5.92 Å². The molecule has 1 atom stereocenters. The van der Waals surface area contributed by atoms with E-state index in [4.69, 9.17) is 4.74 Å². The summed E-state index contributed by atoms with van der Waals surface area (Å²) in [7, 11) is 0. The molecule has 1 fully saturated rings. The Morgan fingerprint density at radius 2 is 2.00 bits per heavy atom. The number of likely N-dealkylation sites (tertiary alicyclic amines) is 1. The molecular weight excluding hydrogens is 366 g/mol. The van der Waals surface area contributed by atoms with Crippen molar-refractivity contribution in [3.63, 3.8) is 0 Å². The first-order chi connectivity index (χ1) is 14.1. The Balaban J connectivity index is 1.58. The lowest BCUT2D eigenvalue weighted by Crippen LogP contribution is -2.35. The van der Waals surface area contributed by atoms with Crippen LogP contribution < -0.4 is 10.4 Å². The van der Waals surface area contributed by atoms with Crippen LogP contribution in [0.3, 0.4) is 0 Å². The Morgan fingerprint density at radius 3 is 2.79 bits per heavy atom. The predicted molar refractivity (Wildman–Crippen MR) is 117 cm³/mol. The maximum absolute atomic E-state index is 12.5. The molecule has 2 aromatic rings. The molecule has 1 aliphatic heterocycles. The van der Waals surface area contributed by atoms with Gasteiger partial charge in [-0.1, -0.05) is 26.7 Å². The number of aromatic nitrogens is 4. The summed E-state index contributed by atoms with van der Waals surface area (Å²) >= 11 is 0.